The first-order valence-corrected chi connectivity index (χ1v) is 12.0. The second-order valence-corrected chi connectivity index (χ2v) is 9.32. The lowest BCUT2D eigenvalue weighted by Crippen LogP contribution is -2.22. The van der Waals surface area contributed by atoms with Crippen LogP contribution in [-0.4, -0.2) is 35.1 Å². The highest BCUT2D eigenvalue weighted by Gasteiger charge is 2.31. The lowest BCUT2D eigenvalue weighted by Gasteiger charge is -2.30. The molecule has 1 saturated carbocycles. The van der Waals surface area contributed by atoms with Gasteiger partial charge in [0, 0.05) is 52.8 Å². The molecule has 184 valence electrons. The van der Waals surface area contributed by atoms with Crippen molar-refractivity contribution in [3.63, 3.8) is 0 Å². The molecule has 1 aliphatic rings. The van der Waals surface area contributed by atoms with E-state index in [0.717, 1.165) is 59.1 Å². The number of nitrogens with two attached hydrogens (primary N) is 1. The summed E-state index contributed by atoms with van der Waals surface area (Å²) in [7, 11) is 1.74. The van der Waals surface area contributed by atoms with E-state index in [0.29, 0.717) is 11.3 Å². The van der Waals surface area contributed by atoms with E-state index in [2.05, 4.69) is 4.57 Å². The Kier molecular flexibility index (Phi) is 6.33. The summed E-state index contributed by atoms with van der Waals surface area (Å²) < 4.78 is 21.8. The van der Waals surface area contributed by atoms with Gasteiger partial charge in [0.15, 0.2) is 0 Å². The van der Waals surface area contributed by atoms with Gasteiger partial charge in [-0.1, -0.05) is 18.6 Å². The van der Waals surface area contributed by atoms with E-state index < -0.39 is 5.97 Å². The monoisotopic (exact) mass is 485 g/mol. The highest BCUT2D eigenvalue weighted by Crippen LogP contribution is 2.46. The van der Waals surface area contributed by atoms with Gasteiger partial charge >= 0.3 is 5.97 Å². The normalized spacial score (nSPS) is 17.8. The zero-order chi connectivity index (χ0) is 25.4. The van der Waals surface area contributed by atoms with Crippen molar-refractivity contribution in [3.8, 4) is 16.8 Å². The van der Waals surface area contributed by atoms with Crippen molar-refractivity contribution in [3.05, 3.63) is 83.3 Å². The Hall–Kier alpha value is -3.97. The molecule has 0 saturated heterocycles. The van der Waals surface area contributed by atoms with Gasteiger partial charge in [-0.15, -0.1) is 0 Å². The third-order valence-corrected chi connectivity index (χ3v) is 7.22. The van der Waals surface area contributed by atoms with Crippen molar-refractivity contribution in [2.45, 2.75) is 37.7 Å². The van der Waals surface area contributed by atoms with E-state index >= 15 is 0 Å². The Morgan fingerprint density at radius 1 is 1.14 bits per heavy atom. The summed E-state index contributed by atoms with van der Waals surface area (Å²) in [6.07, 6.45) is 5.18. The maximum Gasteiger partial charge on any atom is 0.335 e. The van der Waals surface area contributed by atoms with Crippen LogP contribution in [0.2, 0.25) is 0 Å². The summed E-state index contributed by atoms with van der Waals surface area (Å²) in [5.74, 6) is -1.15. The van der Waals surface area contributed by atoms with Crippen LogP contribution in [0.4, 0.5) is 10.1 Å². The smallest absolute Gasteiger partial charge is 0.335 e. The predicted molar refractivity (Wildman–Crippen MR) is 140 cm³/mol. The molecule has 1 aromatic heterocycles. The van der Waals surface area contributed by atoms with E-state index in [9.17, 15) is 14.3 Å². The summed E-state index contributed by atoms with van der Waals surface area (Å²) in [6, 6.07) is 17.1. The Bertz CT molecular complexity index is 1440. The molecule has 6 nitrogen and oxygen atoms in total. The Labute approximate surface area is 208 Å². The average molecular weight is 486 g/mol. The van der Waals surface area contributed by atoms with Crippen LogP contribution in [0.3, 0.4) is 0 Å². The highest BCUT2D eigenvalue weighted by atomic mass is 19.1. The molecule has 4 aromatic rings. The van der Waals surface area contributed by atoms with Gasteiger partial charge in [0.25, 0.3) is 0 Å². The molecule has 36 heavy (non-hydrogen) atoms. The number of hydrogen-bond acceptors (Lipinski definition) is 4. The van der Waals surface area contributed by atoms with Crippen LogP contribution in [0.5, 0.6) is 0 Å². The van der Waals surface area contributed by atoms with Crippen LogP contribution in [0.25, 0.3) is 27.7 Å². The number of aromatic nitrogens is 1. The van der Waals surface area contributed by atoms with Gasteiger partial charge in [0.2, 0.25) is 0 Å². The molecule has 4 N–H and O–H groups in total. The standard InChI is InChI=1S/C29H28FN3O3/c1-36-23-4-2-3-19(13-23)28-27(17-5-7-18(8-6-17)29(34)35)24-15-25(32)20(16-31)14-26(24)33(28)22-11-9-21(30)10-12-22/h5-12,14-16,19,23,31H,2-4,13,32H2,1H3,(H,34,35). The number of methoxy groups -OCH3 is 1. The SMILES string of the molecule is COC1CCCC(c2c(-c3ccc(C(=O)O)cc3)c3cc(N)c(C=N)cc3n2-c2ccc(F)cc2)C1. The molecule has 1 fully saturated rings. The molecule has 2 atom stereocenters. The Balaban J connectivity index is 1.86. The number of anilines is 1. The molecule has 0 radical (unpaired) electrons. The zero-order valence-corrected chi connectivity index (χ0v) is 20.0. The first-order chi connectivity index (χ1) is 17.4. The van der Waals surface area contributed by atoms with Crippen LogP contribution in [-0.2, 0) is 4.74 Å². The fourth-order valence-electron chi connectivity index (χ4n) is 5.46. The number of carboxylic acid groups (broad SMARTS) is 1. The molecular weight excluding hydrogens is 457 g/mol. The van der Waals surface area contributed by atoms with Crippen molar-refractivity contribution in [2.24, 2.45) is 0 Å². The largest absolute Gasteiger partial charge is 0.478 e. The fraction of sp³-hybridized carbons (Fsp3) is 0.241. The van der Waals surface area contributed by atoms with Gasteiger partial charge in [0.1, 0.15) is 5.82 Å². The summed E-state index contributed by atoms with van der Waals surface area (Å²) in [6.45, 7) is 0. The molecule has 1 heterocycles. The number of hydrogen-bond donors (Lipinski definition) is 3. The van der Waals surface area contributed by atoms with Gasteiger partial charge in [-0.3, -0.25) is 0 Å². The third-order valence-electron chi connectivity index (χ3n) is 7.22. The maximum absolute atomic E-state index is 13.9. The Morgan fingerprint density at radius 2 is 1.86 bits per heavy atom. The van der Waals surface area contributed by atoms with Gasteiger partial charge in [0.05, 0.1) is 17.2 Å². The second kappa shape index (κ2) is 9.59. The number of rotatable bonds is 6. The van der Waals surface area contributed by atoms with E-state index in [1.807, 2.05) is 24.3 Å². The predicted octanol–water partition coefficient (Wildman–Crippen LogP) is 6.39. The number of fused-ring (bicyclic) bond motifs is 1. The minimum atomic E-state index is -0.981. The molecule has 2 unspecified atom stereocenters. The van der Waals surface area contributed by atoms with E-state index in [-0.39, 0.29) is 23.4 Å². The summed E-state index contributed by atoms with van der Waals surface area (Å²) in [5.41, 5.74) is 12.2. The molecule has 0 bridgehead atoms. The minimum Gasteiger partial charge on any atom is -0.478 e. The molecule has 5 rings (SSSR count). The van der Waals surface area contributed by atoms with Crippen LogP contribution in [0.1, 0.15) is 53.2 Å². The number of nitrogen functional groups attached to an aromatic ring is 1. The number of carbonyl (C=O) groups is 1. The number of nitrogens with one attached hydrogen (secondary N) is 1. The third kappa shape index (κ3) is 4.16. The van der Waals surface area contributed by atoms with Crippen molar-refractivity contribution in [1.82, 2.24) is 4.57 Å². The van der Waals surface area contributed by atoms with Crippen molar-refractivity contribution < 1.29 is 19.0 Å². The molecule has 1 aliphatic carbocycles. The van der Waals surface area contributed by atoms with Crippen molar-refractivity contribution in [1.29, 1.82) is 5.41 Å². The zero-order valence-electron chi connectivity index (χ0n) is 20.0. The Morgan fingerprint density at radius 3 is 2.50 bits per heavy atom. The fourth-order valence-corrected chi connectivity index (χ4v) is 5.46. The van der Waals surface area contributed by atoms with Gasteiger partial charge in [-0.2, -0.15) is 0 Å². The van der Waals surface area contributed by atoms with Gasteiger partial charge < -0.3 is 25.6 Å². The van der Waals surface area contributed by atoms with Crippen molar-refractivity contribution >= 4 is 28.8 Å². The van der Waals surface area contributed by atoms with Crippen LogP contribution >= 0.6 is 0 Å². The van der Waals surface area contributed by atoms with Crippen LogP contribution < -0.4 is 5.73 Å². The molecule has 7 heteroatoms. The second-order valence-electron chi connectivity index (χ2n) is 9.32. The van der Waals surface area contributed by atoms with E-state index in [4.69, 9.17) is 15.9 Å². The van der Waals surface area contributed by atoms with E-state index in [1.165, 1.54) is 18.3 Å². The summed E-state index contributed by atoms with van der Waals surface area (Å²) in [4.78, 5) is 11.5. The number of ether oxygens (including phenoxy) is 1. The van der Waals surface area contributed by atoms with Gasteiger partial charge in [-0.25, -0.2) is 9.18 Å². The molecular formula is C29H28FN3O3. The maximum atomic E-state index is 13.9. The minimum absolute atomic E-state index is 0.132. The van der Waals surface area contributed by atoms with Crippen LogP contribution in [0.15, 0.2) is 60.7 Å². The lowest BCUT2D eigenvalue weighted by atomic mass is 9.82. The van der Waals surface area contributed by atoms with Gasteiger partial charge in [-0.05, 0) is 73.4 Å². The molecule has 0 spiro atoms. The topological polar surface area (TPSA) is 101 Å². The quantitative estimate of drug-likeness (QED) is 0.218. The highest BCUT2D eigenvalue weighted by molar-refractivity contribution is 6.05. The number of carboxylic acids is 1. The first kappa shape index (κ1) is 23.8. The number of nitrogens with zero attached hydrogens (tertiary/aromatic N) is 1. The molecule has 0 aliphatic heterocycles. The lowest BCUT2D eigenvalue weighted by molar-refractivity contribution is 0.0629. The summed E-state index contributed by atoms with van der Waals surface area (Å²) in [5, 5.41) is 18.2. The number of aromatic carboxylic acids is 1. The van der Waals surface area contributed by atoms with Crippen molar-refractivity contribution in [2.75, 3.05) is 12.8 Å². The number of halogens is 1. The van der Waals surface area contributed by atoms with E-state index in [1.54, 1.807) is 31.4 Å². The summed E-state index contributed by atoms with van der Waals surface area (Å²) >= 11 is 0. The van der Waals surface area contributed by atoms with Crippen LogP contribution in [0, 0.1) is 11.2 Å². The molecule has 0 amide bonds. The number of benzene rings is 3. The first-order valence-electron chi connectivity index (χ1n) is 12.0. The average Bonchev–Trinajstić information content (AvgIpc) is 3.22. The molecule has 3 aromatic carbocycles.